The maximum Gasteiger partial charge on any atom is 0.0758 e. The summed E-state index contributed by atoms with van der Waals surface area (Å²) in [6.07, 6.45) is 5.64. The SMILES string of the molecule is Brc1ccc(CNCCCOCC2CC2)c2ncccc12. The second-order valence-electron chi connectivity index (χ2n) is 5.65. The summed E-state index contributed by atoms with van der Waals surface area (Å²) in [6, 6.07) is 8.30. The number of pyridine rings is 1. The Morgan fingerprint density at radius 3 is 3.05 bits per heavy atom. The van der Waals surface area contributed by atoms with Crippen LogP contribution in [0.3, 0.4) is 0 Å². The van der Waals surface area contributed by atoms with Crippen molar-refractivity contribution < 1.29 is 4.74 Å². The van der Waals surface area contributed by atoms with Gasteiger partial charge in [0.2, 0.25) is 0 Å². The van der Waals surface area contributed by atoms with E-state index in [0.717, 1.165) is 48.6 Å². The highest BCUT2D eigenvalue weighted by Gasteiger charge is 2.20. The second-order valence-corrected chi connectivity index (χ2v) is 6.51. The van der Waals surface area contributed by atoms with Crippen molar-refractivity contribution in [1.82, 2.24) is 10.3 Å². The van der Waals surface area contributed by atoms with E-state index in [-0.39, 0.29) is 0 Å². The van der Waals surface area contributed by atoms with Gasteiger partial charge >= 0.3 is 0 Å². The highest BCUT2D eigenvalue weighted by molar-refractivity contribution is 9.10. The third-order valence-electron chi connectivity index (χ3n) is 3.81. The van der Waals surface area contributed by atoms with Crippen LogP contribution in [0, 0.1) is 5.92 Å². The van der Waals surface area contributed by atoms with E-state index in [1.807, 2.05) is 12.3 Å². The molecule has 1 fully saturated rings. The van der Waals surface area contributed by atoms with Gasteiger partial charge in [0.1, 0.15) is 0 Å². The lowest BCUT2D eigenvalue weighted by Gasteiger charge is -2.09. The van der Waals surface area contributed by atoms with Crippen molar-refractivity contribution in [1.29, 1.82) is 0 Å². The Labute approximate surface area is 134 Å². The molecule has 0 bridgehead atoms. The number of ether oxygens (including phenoxy) is 1. The van der Waals surface area contributed by atoms with Crippen LogP contribution in [0.1, 0.15) is 24.8 Å². The Kier molecular flexibility index (Phi) is 5.22. The molecule has 0 atom stereocenters. The molecule has 1 N–H and O–H groups in total. The predicted molar refractivity (Wildman–Crippen MR) is 89.3 cm³/mol. The minimum Gasteiger partial charge on any atom is -0.381 e. The fourth-order valence-corrected chi connectivity index (χ4v) is 2.85. The number of hydrogen-bond acceptors (Lipinski definition) is 3. The van der Waals surface area contributed by atoms with E-state index in [1.54, 1.807) is 0 Å². The monoisotopic (exact) mass is 348 g/mol. The maximum absolute atomic E-state index is 5.64. The number of nitrogens with one attached hydrogen (secondary N) is 1. The van der Waals surface area contributed by atoms with Crippen molar-refractivity contribution in [3.63, 3.8) is 0 Å². The lowest BCUT2D eigenvalue weighted by atomic mass is 10.1. The number of nitrogens with zero attached hydrogens (tertiary/aromatic N) is 1. The summed E-state index contributed by atoms with van der Waals surface area (Å²) in [7, 11) is 0. The van der Waals surface area contributed by atoms with E-state index < -0.39 is 0 Å². The van der Waals surface area contributed by atoms with Crippen LogP contribution in [0.2, 0.25) is 0 Å². The molecule has 21 heavy (non-hydrogen) atoms. The fourth-order valence-electron chi connectivity index (χ4n) is 2.40. The molecule has 0 unspecified atom stereocenters. The molecule has 1 heterocycles. The molecular weight excluding hydrogens is 328 g/mol. The Bertz CT molecular complexity index is 598. The van der Waals surface area contributed by atoms with Crippen molar-refractivity contribution >= 4 is 26.8 Å². The lowest BCUT2D eigenvalue weighted by Crippen LogP contribution is -2.17. The molecule has 0 radical (unpaired) electrons. The standard InChI is InChI=1S/C17H21BrN2O/c18-16-7-6-14(17-15(16)3-1-9-20-17)11-19-8-2-10-21-12-13-4-5-13/h1,3,6-7,9,13,19H,2,4-5,8,10-12H2. The lowest BCUT2D eigenvalue weighted by molar-refractivity contribution is 0.122. The average Bonchev–Trinajstić information content (AvgIpc) is 3.33. The first-order valence-corrected chi connectivity index (χ1v) is 8.44. The van der Waals surface area contributed by atoms with Gasteiger partial charge in [-0.05, 0) is 49.4 Å². The molecule has 4 heteroatoms. The molecule has 1 aliphatic rings. The van der Waals surface area contributed by atoms with Crippen LogP contribution >= 0.6 is 15.9 Å². The predicted octanol–water partition coefficient (Wildman–Crippen LogP) is 3.90. The van der Waals surface area contributed by atoms with Crippen molar-refractivity contribution in [2.75, 3.05) is 19.8 Å². The van der Waals surface area contributed by atoms with E-state index in [0.29, 0.717) is 0 Å². The largest absolute Gasteiger partial charge is 0.381 e. The molecule has 0 saturated heterocycles. The van der Waals surface area contributed by atoms with Crippen molar-refractivity contribution in [3.8, 4) is 0 Å². The van der Waals surface area contributed by atoms with Crippen LogP contribution in [0.15, 0.2) is 34.9 Å². The maximum atomic E-state index is 5.64. The highest BCUT2D eigenvalue weighted by Crippen LogP contribution is 2.28. The van der Waals surface area contributed by atoms with Crippen LogP contribution in [-0.2, 0) is 11.3 Å². The molecule has 3 nitrogen and oxygen atoms in total. The zero-order valence-electron chi connectivity index (χ0n) is 12.1. The molecule has 3 rings (SSSR count). The van der Waals surface area contributed by atoms with E-state index >= 15 is 0 Å². The average molecular weight is 349 g/mol. The number of benzene rings is 1. The molecule has 1 aromatic heterocycles. The number of halogens is 1. The first-order valence-electron chi connectivity index (χ1n) is 7.65. The summed E-state index contributed by atoms with van der Waals surface area (Å²) in [5.74, 6) is 0.859. The first-order chi connectivity index (χ1) is 10.3. The zero-order valence-corrected chi connectivity index (χ0v) is 13.7. The van der Waals surface area contributed by atoms with Gasteiger partial charge in [0, 0.05) is 35.8 Å². The summed E-state index contributed by atoms with van der Waals surface area (Å²) in [5.41, 5.74) is 2.32. The minimum atomic E-state index is 0.851. The molecular formula is C17H21BrN2O. The van der Waals surface area contributed by atoms with Gasteiger partial charge in [0.15, 0.2) is 0 Å². The number of fused-ring (bicyclic) bond motifs is 1. The summed E-state index contributed by atoms with van der Waals surface area (Å²) < 4.78 is 6.74. The number of hydrogen-bond donors (Lipinski definition) is 1. The van der Waals surface area contributed by atoms with Crippen LogP contribution in [-0.4, -0.2) is 24.7 Å². The van der Waals surface area contributed by atoms with Gasteiger partial charge in [0.05, 0.1) is 5.52 Å². The second kappa shape index (κ2) is 7.34. The Morgan fingerprint density at radius 1 is 1.29 bits per heavy atom. The Balaban J connectivity index is 1.45. The van der Waals surface area contributed by atoms with Gasteiger partial charge in [-0.2, -0.15) is 0 Å². The molecule has 112 valence electrons. The summed E-state index contributed by atoms with van der Waals surface area (Å²) in [5, 5.41) is 4.65. The van der Waals surface area contributed by atoms with Gasteiger partial charge in [-0.1, -0.05) is 28.1 Å². The molecule has 0 amide bonds. The topological polar surface area (TPSA) is 34.1 Å². The smallest absolute Gasteiger partial charge is 0.0758 e. The molecule has 1 aliphatic carbocycles. The molecule has 0 aliphatic heterocycles. The van der Waals surface area contributed by atoms with Gasteiger partial charge < -0.3 is 10.1 Å². The van der Waals surface area contributed by atoms with Crippen molar-refractivity contribution in [2.24, 2.45) is 5.92 Å². The molecule has 0 spiro atoms. The molecule has 1 saturated carbocycles. The zero-order chi connectivity index (χ0) is 14.5. The third kappa shape index (κ3) is 4.25. The highest BCUT2D eigenvalue weighted by atomic mass is 79.9. The molecule has 1 aromatic carbocycles. The van der Waals surface area contributed by atoms with Crippen molar-refractivity contribution in [2.45, 2.75) is 25.8 Å². The number of aromatic nitrogens is 1. The van der Waals surface area contributed by atoms with E-state index in [9.17, 15) is 0 Å². The number of rotatable bonds is 8. The summed E-state index contributed by atoms with van der Waals surface area (Å²) in [6.45, 7) is 3.66. The van der Waals surface area contributed by atoms with E-state index in [2.05, 4.69) is 44.4 Å². The van der Waals surface area contributed by atoms with Crippen LogP contribution in [0.25, 0.3) is 10.9 Å². The normalized spacial score (nSPS) is 14.7. The van der Waals surface area contributed by atoms with Gasteiger partial charge in [-0.25, -0.2) is 0 Å². The quantitative estimate of drug-likeness (QED) is 0.734. The molecule has 2 aromatic rings. The van der Waals surface area contributed by atoms with Crippen LogP contribution < -0.4 is 5.32 Å². The van der Waals surface area contributed by atoms with Gasteiger partial charge in [-0.15, -0.1) is 0 Å². The summed E-state index contributed by atoms with van der Waals surface area (Å²) >= 11 is 3.58. The van der Waals surface area contributed by atoms with Gasteiger partial charge in [-0.3, -0.25) is 4.98 Å². The van der Waals surface area contributed by atoms with Crippen molar-refractivity contribution in [3.05, 3.63) is 40.5 Å². The summed E-state index contributed by atoms with van der Waals surface area (Å²) in [4.78, 5) is 4.50. The fraction of sp³-hybridized carbons (Fsp3) is 0.471. The Hall–Kier alpha value is -0.970. The van der Waals surface area contributed by atoms with Crippen LogP contribution in [0.5, 0.6) is 0 Å². The van der Waals surface area contributed by atoms with Crippen LogP contribution in [0.4, 0.5) is 0 Å². The first kappa shape index (κ1) is 14.9. The van der Waals surface area contributed by atoms with E-state index in [4.69, 9.17) is 4.74 Å². The third-order valence-corrected chi connectivity index (χ3v) is 4.50. The van der Waals surface area contributed by atoms with E-state index in [1.165, 1.54) is 23.8 Å². The van der Waals surface area contributed by atoms with Gasteiger partial charge in [0.25, 0.3) is 0 Å². The Morgan fingerprint density at radius 2 is 2.19 bits per heavy atom. The minimum absolute atomic E-state index is 0.851.